The van der Waals surface area contributed by atoms with Crippen LogP contribution < -0.4 is 10.2 Å². The van der Waals surface area contributed by atoms with Crippen molar-refractivity contribution in [3.05, 3.63) is 105 Å². The second kappa shape index (κ2) is 10.4. The van der Waals surface area contributed by atoms with E-state index in [1.807, 2.05) is 37.3 Å². The number of rotatable bonds is 5. The highest BCUT2D eigenvalue weighted by Gasteiger charge is 2.40. The number of thioether (sulfide) groups is 1. The van der Waals surface area contributed by atoms with Crippen molar-refractivity contribution in [1.82, 2.24) is 0 Å². The highest BCUT2D eigenvalue weighted by Crippen LogP contribution is 2.42. The van der Waals surface area contributed by atoms with E-state index in [9.17, 15) is 14.9 Å². The van der Waals surface area contributed by atoms with Crippen LogP contribution in [0.2, 0.25) is 10.0 Å². The van der Waals surface area contributed by atoms with Gasteiger partial charge in [-0.2, -0.15) is 5.26 Å². The molecule has 170 valence electrons. The summed E-state index contributed by atoms with van der Waals surface area (Å²) >= 11 is 13.4. The summed E-state index contributed by atoms with van der Waals surface area (Å²) < 4.78 is 0. The average Bonchev–Trinajstić information content (AvgIpc) is 3.14. The quantitative estimate of drug-likeness (QED) is 0.321. The van der Waals surface area contributed by atoms with Crippen LogP contribution in [0.3, 0.4) is 0 Å². The standard InChI is InChI=1S/C26H19Cl2N3O2S/c1-16-7-8-17(13-22(16)28)14-23-25(33)31(20-5-3-2-4-6-20)26(34-23)21(15-29)24(32)30-19-11-9-18(27)10-12-19/h2-13,23H,14H2,1H3,(H,30,32). The maximum Gasteiger partial charge on any atom is 0.269 e. The lowest BCUT2D eigenvalue weighted by Gasteiger charge is -2.18. The third-order valence-corrected chi connectivity index (χ3v) is 7.20. The van der Waals surface area contributed by atoms with E-state index in [1.54, 1.807) is 48.5 Å². The van der Waals surface area contributed by atoms with Gasteiger partial charge in [-0.05, 0) is 66.9 Å². The Morgan fingerprint density at radius 3 is 2.44 bits per heavy atom. The number of benzene rings is 3. The number of amides is 2. The first-order valence-electron chi connectivity index (χ1n) is 10.4. The summed E-state index contributed by atoms with van der Waals surface area (Å²) in [6.07, 6.45) is 0.411. The molecule has 1 saturated heterocycles. The number of carbonyl (C=O) groups excluding carboxylic acids is 2. The van der Waals surface area contributed by atoms with Crippen molar-refractivity contribution in [2.24, 2.45) is 0 Å². The van der Waals surface area contributed by atoms with Crippen LogP contribution >= 0.6 is 35.0 Å². The number of nitriles is 1. The minimum Gasteiger partial charge on any atom is -0.321 e. The van der Waals surface area contributed by atoms with E-state index in [2.05, 4.69) is 5.32 Å². The molecule has 5 nitrogen and oxygen atoms in total. The molecule has 3 aromatic rings. The van der Waals surface area contributed by atoms with Gasteiger partial charge in [0.2, 0.25) is 5.91 Å². The smallest absolute Gasteiger partial charge is 0.269 e. The number of nitrogens with one attached hydrogen (secondary N) is 1. The second-order valence-electron chi connectivity index (χ2n) is 7.66. The van der Waals surface area contributed by atoms with Gasteiger partial charge in [0.1, 0.15) is 16.7 Å². The van der Waals surface area contributed by atoms with Crippen molar-refractivity contribution in [1.29, 1.82) is 5.26 Å². The topological polar surface area (TPSA) is 73.2 Å². The minimum atomic E-state index is -0.597. The zero-order valence-corrected chi connectivity index (χ0v) is 20.4. The third kappa shape index (κ3) is 5.13. The monoisotopic (exact) mass is 507 g/mol. The predicted octanol–water partition coefficient (Wildman–Crippen LogP) is 6.37. The Morgan fingerprint density at radius 2 is 1.79 bits per heavy atom. The van der Waals surface area contributed by atoms with Crippen molar-refractivity contribution < 1.29 is 9.59 Å². The van der Waals surface area contributed by atoms with Crippen LogP contribution in [-0.4, -0.2) is 17.1 Å². The van der Waals surface area contributed by atoms with E-state index in [1.165, 1.54) is 16.7 Å². The van der Waals surface area contributed by atoms with Gasteiger partial charge < -0.3 is 5.32 Å². The Balaban J connectivity index is 1.70. The van der Waals surface area contributed by atoms with E-state index in [0.29, 0.717) is 32.9 Å². The molecule has 34 heavy (non-hydrogen) atoms. The summed E-state index contributed by atoms with van der Waals surface area (Å²) in [5.41, 5.74) is 2.80. The molecule has 1 N–H and O–H groups in total. The van der Waals surface area contributed by atoms with Crippen LogP contribution in [0.5, 0.6) is 0 Å². The molecule has 0 radical (unpaired) electrons. The van der Waals surface area contributed by atoms with Gasteiger partial charge in [-0.3, -0.25) is 14.5 Å². The molecule has 1 atom stereocenters. The largest absolute Gasteiger partial charge is 0.321 e. The van der Waals surface area contributed by atoms with Gasteiger partial charge in [-0.15, -0.1) is 0 Å². The Labute approximate surface area is 212 Å². The normalized spacial score (nSPS) is 16.8. The molecule has 0 bridgehead atoms. The number of nitrogens with zero attached hydrogens (tertiary/aromatic N) is 2. The van der Waals surface area contributed by atoms with Crippen LogP contribution in [0.25, 0.3) is 0 Å². The molecule has 2 amide bonds. The molecule has 0 aromatic heterocycles. The van der Waals surface area contributed by atoms with E-state index in [0.717, 1.165) is 11.1 Å². The van der Waals surface area contributed by atoms with Crippen molar-refractivity contribution in [2.45, 2.75) is 18.6 Å². The molecule has 3 aromatic carbocycles. The van der Waals surface area contributed by atoms with Gasteiger partial charge in [0.05, 0.1) is 5.25 Å². The van der Waals surface area contributed by atoms with Gasteiger partial charge in [0, 0.05) is 21.4 Å². The zero-order valence-electron chi connectivity index (χ0n) is 18.1. The van der Waals surface area contributed by atoms with Crippen LogP contribution in [0.4, 0.5) is 11.4 Å². The average molecular weight is 508 g/mol. The van der Waals surface area contributed by atoms with Crippen LogP contribution in [0.15, 0.2) is 83.4 Å². The Hall–Kier alpha value is -3.24. The fourth-order valence-corrected chi connectivity index (χ4v) is 5.14. The molecule has 8 heteroatoms. The zero-order chi connectivity index (χ0) is 24.2. The summed E-state index contributed by atoms with van der Waals surface area (Å²) in [5, 5.41) is 13.6. The summed E-state index contributed by atoms with van der Waals surface area (Å²) in [6, 6.07) is 23.3. The number of carbonyl (C=O) groups is 2. The lowest BCUT2D eigenvalue weighted by molar-refractivity contribution is -0.117. The summed E-state index contributed by atoms with van der Waals surface area (Å²) in [4.78, 5) is 28.0. The summed E-state index contributed by atoms with van der Waals surface area (Å²) in [5.74, 6) is -0.796. The lowest BCUT2D eigenvalue weighted by Crippen LogP contribution is -2.30. The Kier molecular flexibility index (Phi) is 7.28. The van der Waals surface area contributed by atoms with Crippen molar-refractivity contribution in [3.63, 3.8) is 0 Å². The molecular formula is C26H19Cl2N3O2S. The fourth-order valence-electron chi connectivity index (χ4n) is 3.50. The highest BCUT2D eigenvalue weighted by atomic mass is 35.5. The molecule has 0 aliphatic carbocycles. The number of hydrogen-bond acceptors (Lipinski definition) is 4. The summed E-state index contributed by atoms with van der Waals surface area (Å²) in [7, 11) is 0. The highest BCUT2D eigenvalue weighted by molar-refractivity contribution is 8.05. The van der Waals surface area contributed by atoms with Gasteiger partial charge in [-0.25, -0.2) is 0 Å². The Morgan fingerprint density at radius 1 is 1.09 bits per heavy atom. The number of aryl methyl sites for hydroxylation is 1. The lowest BCUT2D eigenvalue weighted by atomic mass is 10.1. The SMILES string of the molecule is Cc1ccc(CC2SC(=C(C#N)C(=O)Nc3ccc(Cl)cc3)N(c3ccccc3)C2=O)cc1Cl. The van der Waals surface area contributed by atoms with Crippen LogP contribution in [-0.2, 0) is 16.0 Å². The van der Waals surface area contributed by atoms with Gasteiger partial charge in [-0.1, -0.05) is 65.3 Å². The molecule has 1 unspecified atom stereocenters. The summed E-state index contributed by atoms with van der Waals surface area (Å²) in [6.45, 7) is 1.91. The van der Waals surface area contributed by atoms with Gasteiger partial charge in [0.15, 0.2) is 0 Å². The molecule has 1 heterocycles. The number of anilines is 2. The van der Waals surface area contributed by atoms with E-state index < -0.39 is 11.2 Å². The van der Waals surface area contributed by atoms with Gasteiger partial charge >= 0.3 is 0 Å². The first-order valence-corrected chi connectivity index (χ1v) is 12.0. The molecule has 1 aliphatic heterocycles. The minimum absolute atomic E-state index is 0.137. The number of halogens is 2. The van der Waals surface area contributed by atoms with E-state index in [4.69, 9.17) is 23.2 Å². The second-order valence-corrected chi connectivity index (χ2v) is 9.69. The molecule has 4 rings (SSSR count). The van der Waals surface area contributed by atoms with Gasteiger partial charge in [0.25, 0.3) is 5.91 Å². The Bertz CT molecular complexity index is 1320. The van der Waals surface area contributed by atoms with Crippen LogP contribution in [0.1, 0.15) is 11.1 Å². The van der Waals surface area contributed by atoms with Crippen molar-refractivity contribution in [3.8, 4) is 6.07 Å². The van der Waals surface area contributed by atoms with Crippen LogP contribution in [0, 0.1) is 18.3 Å². The maximum atomic E-state index is 13.5. The predicted molar refractivity (Wildman–Crippen MR) is 138 cm³/mol. The number of hydrogen-bond donors (Lipinski definition) is 1. The molecule has 1 fully saturated rings. The molecule has 0 saturated carbocycles. The van der Waals surface area contributed by atoms with Crippen molar-refractivity contribution in [2.75, 3.05) is 10.2 Å². The molecule has 1 aliphatic rings. The number of para-hydroxylation sites is 1. The third-order valence-electron chi connectivity index (χ3n) is 5.28. The first kappa shape index (κ1) is 23.9. The first-order chi connectivity index (χ1) is 16.4. The maximum absolute atomic E-state index is 13.5. The fraction of sp³-hybridized carbons (Fsp3) is 0.115. The molecule has 0 spiro atoms. The molecular weight excluding hydrogens is 489 g/mol. The van der Waals surface area contributed by atoms with E-state index in [-0.39, 0.29) is 11.5 Å². The van der Waals surface area contributed by atoms with E-state index >= 15 is 0 Å². The van der Waals surface area contributed by atoms with Crippen molar-refractivity contribution >= 4 is 58.2 Å².